The molecule has 0 radical (unpaired) electrons. The van der Waals surface area contributed by atoms with E-state index in [0.717, 1.165) is 25.6 Å². The van der Waals surface area contributed by atoms with Crippen molar-refractivity contribution in [2.75, 3.05) is 6.54 Å². The van der Waals surface area contributed by atoms with Crippen LogP contribution in [-0.2, 0) is 13.1 Å². The molecule has 3 nitrogen and oxygen atoms in total. The lowest BCUT2D eigenvalue weighted by molar-refractivity contribution is 0.548. The van der Waals surface area contributed by atoms with Crippen LogP contribution in [0.25, 0.3) is 0 Å². The van der Waals surface area contributed by atoms with Crippen molar-refractivity contribution in [1.82, 2.24) is 14.9 Å². The fourth-order valence-electron chi connectivity index (χ4n) is 2.05. The Hall–Kier alpha value is -0.830. The summed E-state index contributed by atoms with van der Waals surface area (Å²) in [6.07, 6.45) is 10.8. The molecule has 0 spiro atoms. The number of rotatable bonds is 8. The van der Waals surface area contributed by atoms with Gasteiger partial charge in [-0.05, 0) is 31.7 Å². The van der Waals surface area contributed by atoms with Crippen LogP contribution in [0.2, 0.25) is 0 Å². The molecule has 0 aliphatic heterocycles. The summed E-state index contributed by atoms with van der Waals surface area (Å²) in [5, 5.41) is 3.43. The molecule has 3 heteroatoms. The maximum Gasteiger partial charge on any atom is 0.0948 e. The highest BCUT2D eigenvalue weighted by Crippen LogP contribution is 2.33. The third-order valence-electron chi connectivity index (χ3n) is 3.24. The Labute approximate surface area is 98.3 Å². The van der Waals surface area contributed by atoms with Crippen LogP contribution in [0.5, 0.6) is 0 Å². The van der Waals surface area contributed by atoms with Crippen molar-refractivity contribution in [2.45, 2.75) is 52.1 Å². The molecule has 0 aromatic carbocycles. The van der Waals surface area contributed by atoms with Crippen LogP contribution in [0.3, 0.4) is 0 Å². The van der Waals surface area contributed by atoms with E-state index in [-0.39, 0.29) is 0 Å². The van der Waals surface area contributed by atoms with E-state index in [1.165, 1.54) is 37.8 Å². The van der Waals surface area contributed by atoms with Crippen molar-refractivity contribution in [1.29, 1.82) is 0 Å². The van der Waals surface area contributed by atoms with E-state index in [2.05, 4.69) is 21.8 Å². The van der Waals surface area contributed by atoms with Crippen molar-refractivity contribution in [3.05, 3.63) is 18.2 Å². The quantitative estimate of drug-likeness (QED) is 0.684. The number of aromatic nitrogens is 2. The zero-order valence-electron chi connectivity index (χ0n) is 10.3. The number of aryl methyl sites for hydroxylation is 1. The van der Waals surface area contributed by atoms with Crippen molar-refractivity contribution in [2.24, 2.45) is 5.92 Å². The molecule has 0 atom stereocenters. The fraction of sp³-hybridized carbons (Fsp3) is 0.769. The first kappa shape index (κ1) is 11.6. The molecular formula is C13H23N3. The van der Waals surface area contributed by atoms with E-state index in [1.54, 1.807) is 0 Å². The van der Waals surface area contributed by atoms with Gasteiger partial charge in [-0.3, -0.25) is 0 Å². The standard InChI is InChI=1S/C13H23N3/c1-2-7-14-9-13-10-15-11-16(13)8-3-4-12-5-6-12/h10-12,14H,2-9H2,1H3. The molecule has 16 heavy (non-hydrogen) atoms. The van der Waals surface area contributed by atoms with Gasteiger partial charge in [0.2, 0.25) is 0 Å². The number of hydrogen-bond donors (Lipinski definition) is 1. The molecule has 0 unspecified atom stereocenters. The molecule has 1 aliphatic rings. The maximum absolute atomic E-state index is 4.24. The summed E-state index contributed by atoms with van der Waals surface area (Å²) in [5.74, 6) is 1.05. The van der Waals surface area contributed by atoms with Crippen LogP contribution in [0.1, 0.15) is 44.7 Å². The van der Waals surface area contributed by atoms with Crippen molar-refractivity contribution >= 4 is 0 Å². The van der Waals surface area contributed by atoms with Gasteiger partial charge in [0.05, 0.1) is 12.0 Å². The topological polar surface area (TPSA) is 29.9 Å². The van der Waals surface area contributed by atoms with Gasteiger partial charge in [0.15, 0.2) is 0 Å². The molecular weight excluding hydrogens is 198 g/mol. The van der Waals surface area contributed by atoms with Crippen LogP contribution in [0, 0.1) is 5.92 Å². The monoisotopic (exact) mass is 221 g/mol. The normalized spacial score (nSPS) is 15.6. The van der Waals surface area contributed by atoms with Gasteiger partial charge >= 0.3 is 0 Å². The van der Waals surface area contributed by atoms with Gasteiger partial charge in [0.25, 0.3) is 0 Å². The highest BCUT2D eigenvalue weighted by atomic mass is 15.1. The Balaban J connectivity index is 1.71. The van der Waals surface area contributed by atoms with E-state index in [1.807, 2.05) is 12.5 Å². The van der Waals surface area contributed by atoms with Gasteiger partial charge in [-0.25, -0.2) is 4.98 Å². The maximum atomic E-state index is 4.24. The first-order valence-corrected chi connectivity index (χ1v) is 6.60. The van der Waals surface area contributed by atoms with E-state index < -0.39 is 0 Å². The number of imidazole rings is 1. The molecule has 1 N–H and O–H groups in total. The summed E-state index contributed by atoms with van der Waals surface area (Å²) in [5.41, 5.74) is 1.32. The van der Waals surface area contributed by atoms with Crippen LogP contribution in [0.15, 0.2) is 12.5 Å². The Morgan fingerprint density at radius 2 is 2.38 bits per heavy atom. The van der Waals surface area contributed by atoms with Gasteiger partial charge in [0.1, 0.15) is 0 Å². The molecule has 1 heterocycles. The minimum absolute atomic E-state index is 0.956. The molecule has 1 saturated carbocycles. The van der Waals surface area contributed by atoms with Crippen LogP contribution in [-0.4, -0.2) is 16.1 Å². The fourth-order valence-corrected chi connectivity index (χ4v) is 2.05. The molecule has 1 aliphatic carbocycles. The summed E-state index contributed by atoms with van der Waals surface area (Å²) in [6.45, 7) is 5.38. The Bertz CT molecular complexity index is 302. The summed E-state index contributed by atoms with van der Waals surface area (Å²) in [6, 6.07) is 0. The molecule has 0 saturated heterocycles. The minimum Gasteiger partial charge on any atom is -0.333 e. The summed E-state index contributed by atoms with van der Waals surface area (Å²) in [7, 11) is 0. The largest absolute Gasteiger partial charge is 0.333 e. The summed E-state index contributed by atoms with van der Waals surface area (Å²) in [4.78, 5) is 4.24. The Morgan fingerprint density at radius 1 is 1.50 bits per heavy atom. The van der Waals surface area contributed by atoms with Gasteiger partial charge in [0, 0.05) is 19.3 Å². The number of nitrogens with zero attached hydrogens (tertiary/aromatic N) is 2. The van der Waals surface area contributed by atoms with E-state index in [4.69, 9.17) is 0 Å². The van der Waals surface area contributed by atoms with Gasteiger partial charge < -0.3 is 9.88 Å². The van der Waals surface area contributed by atoms with Crippen molar-refractivity contribution < 1.29 is 0 Å². The highest BCUT2D eigenvalue weighted by molar-refractivity contribution is 4.97. The lowest BCUT2D eigenvalue weighted by atomic mass is 10.2. The average molecular weight is 221 g/mol. The SMILES string of the molecule is CCCNCc1cncn1CCCC1CC1. The molecule has 2 rings (SSSR count). The molecule has 1 fully saturated rings. The highest BCUT2D eigenvalue weighted by Gasteiger charge is 2.20. The molecule has 0 bridgehead atoms. The number of hydrogen-bond acceptors (Lipinski definition) is 2. The van der Waals surface area contributed by atoms with E-state index >= 15 is 0 Å². The third kappa shape index (κ3) is 3.63. The lowest BCUT2D eigenvalue weighted by Crippen LogP contribution is -2.16. The predicted octanol–water partition coefficient (Wildman–Crippen LogP) is 2.57. The molecule has 0 amide bonds. The molecule has 1 aromatic heterocycles. The second kappa shape index (κ2) is 6.04. The summed E-state index contributed by atoms with van der Waals surface area (Å²) < 4.78 is 2.30. The first-order valence-electron chi connectivity index (χ1n) is 6.60. The van der Waals surface area contributed by atoms with E-state index in [9.17, 15) is 0 Å². The van der Waals surface area contributed by atoms with E-state index in [0.29, 0.717) is 0 Å². The van der Waals surface area contributed by atoms with Crippen molar-refractivity contribution in [3.63, 3.8) is 0 Å². The molecule has 90 valence electrons. The third-order valence-corrected chi connectivity index (χ3v) is 3.24. The lowest BCUT2D eigenvalue weighted by Gasteiger charge is -2.08. The Morgan fingerprint density at radius 3 is 3.12 bits per heavy atom. The van der Waals surface area contributed by atoms with Crippen molar-refractivity contribution in [3.8, 4) is 0 Å². The zero-order chi connectivity index (χ0) is 11.2. The second-order valence-corrected chi connectivity index (χ2v) is 4.84. The zero-order valence-corrected chi connectivity index (χ0v) is 10.3. The van der Waals surface area contributed by atoms with Gasteiger partial charge in [-0.15, -0.1) is 0 Å². The summed E-state index contributed by atoms with van der Waals surface area (Å²) >= 11 is 0. The second-order valence-electron chi connectivity index (χ2n) is 4.84. The van der Waals surface area contributed by atoms with Crippen LogP contribution < -0.4 is 5.32 Å². The number of nitrogens with one attached hydrogen (secondary N) is 1. The molecule has 1 aromatic rings. The van der Waals surface area contributed by atoms with Gasteiger partial charge in [-0.1, -0.05) is 19.8 Å². The van der Waals surface area contributed by atoms with Gasteiger partial charge in [-0.2, -0.15) is 0 Å². The first-order chi connectivity index (χ1) is 7.90. The Kier molecular flexibility index (Phi) is 4.40. The predicted molar refractivity (Wildman–Crippen MR) is 66.2 cm³/mol. The van der Waals surface area contributed by atoms with Crippen LogP contribution in [0.4, 0.5) is 0 Å². The average Bonchev–Trinajstić information content (AvgIpc) is 3.00. The minimum atomic E-state index is 0.956. The van der Waals surface area contributed by atoms with Crippen LogP contribution >= 0.6 is 0 Å². The smallest absolute Gasteiger partial charge is 0.0948 e.